The topological polar surface area (TPSA) is 38.9 Å². The average Bonchev–Trinajstić information content (AvgIpc) is 3.13. The highest BCUT2D eigenvalue weighted by Gasteiger charge is 2.19. The van der Waals surface area contributed by atoms with Gasteiger partial charge in [-0.25, -0.2) is 9.97 Å². The van der Waals surface area contributed by atoms with Gasteiger partial charge in [0.15, 0.2) is 22.1 Å². The lowest BCUT2D eigenvalue weighted by Crippen LogP contribution is -1.89. The Morgan fingerprint density at radius 3 is 2.52 bits per heavy atom. The standard InChI is InChI=1S/C18H9ClN2OS/c19-17-15-13(20-18(21-17)10-6-2-1-3-7-10)16-14(22-15)11-8-4-5-9-12(11)23-16/h1-9H. The van der Waals surface area contributed by atoms with E-state index in [1.54, 1.807) is 11.3 Å². The van der Waals surface area contributed by atoms with Crippen LogP contribution in [0.25, 0.3) is 42.9 Å². The van der Waals surface area contributed by atoms with Crippen LogP contribution in [0.5, 0.6) is 0 Å². The van der Waals surface area contributed by atoms with E-state index in [0.717, 1.165) is 26.7 Å². The second-order valence-electron chi connectivity index (χ2n) is 5.24. The Morgan fingerprint density at radius 1 is 0.870 bits per heavy atom. The number of rotatable bonds is 1. The number of benzene rings is 2. The second kappa shape index (κ2) is 4.78. The van der Waals surface area contributed by atoms with Crippen molar-refractivity contribution in [2.45, 2.75) is 0 Å². The van der Waals surface area contributed by atoms with Crippen LogP contribution < -0.4 is 0 Å². The highest BCUT2D eigenvalue weighted by molar-refractivity contribution is 7.26. The van der Waals surface area contributed by atoms with Gasteiger partial charge in [0.2, 0.25) is 0 Å². The molecule has 0 N–H and O–H groups in total. The Labute approximate surface area is 140 Å². The summed E-state index contributed by atoms with van der Waals surface area (Å²) in [4.78, 5) is 9.10. The minimum absolute atomic E-state index is 0.348. The Hall–Kier alpha value is -2.43. The van der Waals surface area contributed by atoms with Crippen LogP contribution in [0.3, 0.4) is 0 Å². The van der Waals surface area contributed by atoms with Crippen LogP contribution in [0.4, 0.5) is 0 Å². The maximum absolute atomic E-state index is 6.35. The monoisotopic (exact) mass is 336 g/mol. The lowest BCUT2D eigenvalue weighted by molar-refractivity contribution is 0.670. The molecule has 5 heteroatoms. The predicted molar refractivity (Wildman–Crippen MR) is 95.1 cm³/mol. The fraction of sp³-hybridized carbons (Fsp3) is 0. The van der Waals surface area contributed by atoms with Crippen molar-refractivity contribution in [3.05, 3.63) is 59.8 Å². The van der Waals surface area contributed by atoms with Gasteiger partial charge < -0.3 is 4.42 Å². The van der Waals surface area contributed by atoms with E-state index < -0.39 is 0 Å². The first-order valence-corrected chi connectivity index (χ1v) is 8.33. The van der Waals surface area contributed by atoms with Crippen LogP contribution in [0.1, 0.15) is 0 Å². The van der Waals surface area contributed by atoms with Crippen molar-refractivity contribution < 1.29 is 4.42 Å². The lowest BCUT2D eigenvalue weighted by Gasteiger charge is -2.00. The van der Waals surface area contributed by atoms with Crippen LogP contribution in [0.15, 0.2) is 59.0 Å². The summed E-state index contributed by atoms with van der Waals surface area (Å²) in [6.07, 6.45) is 0. The fourth-order valence-electron chi connectivity index (χ4n) is 2.76. The molecule has 5 rings (SSSR count). The zero-order valence-corrected chi connectivity index (χ0v) is 13.4. The molecule has 0 aliphatic carbocycles. The molecule has 5 aromatic rings. The molecular formula is C18H9ClN2OS. The molecule has 0 amide bonds. The Bertz CT molecular complexity index is 1180. The number of aromatic nitrogens is 2. The molecule has 0 unspecified atom stereocenters. The van der Waals surface area contributed by atoms with Crippen molar-refractivity contribution >= 4 is 54.4 Å². The maximum atomic E-state index is 6.35. The number of nitrogens with zero attached hydrogens (tertiary/aromatic N) is 2. The zero-order valence-electron chi connectivity index (χ0n) is 11.8. The summed E-state index contributed by atoms with van der Waals surface area (Å²) < 4.78 is 8.18. The second-order valence-corrected chi connectivity index (χ2v) is 6.65. The first-order valence-electron chi connectivity index (χ1n) is 7.14. The van der Waals surface area contributed by atoms with Gasteiger partial charge in [-0.3, -0.25) is 0 Å². The molecule has 0 aliphatic rings. The van der Waals surface area contributed by atoms with Gasteiger partial charge in [-0.1, -0.05) is 54.1 Å². The summed E-state index contributed by atoms with van der Waals surface area (Å²) in [5.74, 6) is 0.614. The lowest BCUT2D eigenvalue weighted by atomic mass is 10.2. The third-order valence-electron chi connectivity index (χ3n) is 3.83. The molecule has 0 fully saturated rings. The normalized spacial score (nSPS) is 11.7. The Morgan fingerprint density at radius 2 is 1.65 bits per heavy atom. The van der Waals surface area contributed by atoms with Gasteiger partial charge in [-0.15, -0.1) is 11.3 Å². The minimum Gasteiger partial charge on any atom is -0.450 e. The van der Waals surface area contributed by atoms with Crippen LogP contribution in [0.2, 0.25) is 5.15 Å². The van der Waals surface area contributed by atoms with Gasteiger partial charge in [0.25, 0.3) is 0 Å². The molecule has 0 spiro atoms. The number of thiophene rings is 1. The van der Waals surface area contributed by atoms with E-state index in [0.29, 0.717) is 16.6 Å². The number of hydrogen-bond acceptors (Lipinski definition) is 4. The summed E-state index contributed by atoms with van der Waals surface area (Å²) >= 11 is 8.02. The van der Waals surface area contributed by atoms with E-state index in [-0.39, 0.29) is 0 Å². The average molecular weight is 337 g/mol. The summed E-state index contributed by atoms with van der Waals surface area (Å²) in [6.45, 7) is 0. The highest BCUT2D eigenvalue weighted by Crippen LogP contribution is 2.41. The van der Waals surface area contributed by atoms with Gasteiger partial charge in [0.1, 0.15) is 10.2 Å². The Balaban J connectivity index is 1.90. The smallest absolute Gasteiger partial charge is 0.192 e. The number of halogens is 1. The summed E-state index contributed by atoms with van der Waals surface area (Å²) in [6, 6.07) is 18.0. The van der Waals surface area contributed by atoms with Crippen molar-refractivity contribution in [1.82, 2.24) is 9.97 Å². The third-order valence-corrected chi connectivity index (χ3v) is 5.24. The van der Waals surface area contributed by atoms with Gasteiger partial charge in [-0.2, -0.15) is 0 Å². The number of furan rings is 1. The van der Waals surface area contributed by atoms with Crippen LogP contribution in [-0.4, -0.2) is 9.97 Å². The van der Waals surface area contributed by atoms with Crippen LogP contribution >= 0.6 is 22.9 Å². The van der Waals surface area contributed by atoms with E-state index in [4.69, 9.17) is 21.0 Å². The van der Waals surface area contributed by atoms with Gasteiger partial charge in [-0.05, 0) is 12.1 Å². The van der Waals surface area contributed by atoms with Gasteiger partial charge >= 0.3 is 0 Å². The molecule has 3 aromatic heterocycles. The minimum atomic E-state index is 0.348. The molecule has 2 aromatic carbocycles. The van der Waals surface area contributed by atoms with Gasteiger partial charge in [0.05, 0.1) is 0 Å². The molecule has 0 saturated carbocycles. The quantitative estimate of drug-likeness (QED) is 0.357. The van der Waals surface area contributed by atoms with E-state index in [1.807, 2.05) is 42.5 Å². The predicted octanol–water partition coefficient (Wildman–Crippen LogP) is 5.91. The van der Waals surface area contributed by atoms with Crippen molar-refractivity contribution in [2.75, 3.05) is 0 Å². The van der Waals surface area contributed by atoms with E-state index in [1.165, 1.54) is 4.70 Å². The van der Waals surface area contributed by atoms with Crippen molar-refractivity contribution in [2.24, 2.45) is 0 Å². The fourth-order valence-corrected chi connectivity index (χ4v) is 4.09. The maximum Gasteiger partial charge on any atom is 0.192 e. The Kier molecular flexibility index (Phi) is 2.71. The molecule has 23 heavy (non-hydrogen) atoms. The summed E-state index contributed by atoms with van der Waals surface area (Å²) in [5, 5.41) is 1.43. The molecule has 3 heterocycles. The molecule has 0 atom stereocenters. The molecule has 0 saturated heterocycles. The first-order chi connectivity index (χ1) is 11.3. The molecule has 110 valence electrons. The van der Waals surface area contributed by atoms with Gasteiger partial charge in [0, 0.05) is 15.6 Å². The van der Waals surface area contributed by atoms with E-state index >= 15 is 0 Å². The molecule has 0 radical (unpaired) electrons. The van der Waals surface area contributed by atoms with Crippen molar-refractivity contribution in [3.8, 4) is 11.4 Å². The molecule has 0 bridgehead atoms. The SMILES string of the molecule is Clc1nc(-c2ccccc2)nc2c1oc1c3ccccc3sc21. The van der Waals surface area contributed by atoms with E-state index in [9.17, 15) is 0 Å². The van der Waals surface area contributed by atoms with E-state index in [2.05, 4.69) is 17.1 Å². The highest BCUT2D eigenvalue weighted by atomic mass is 35.5. The zero-order chi connectivity index (χ0) is 15.4. The number of fused-ring (bicyclic) bond motifs is 5. The molecule has 3 nitrogen and oxygen atoms in total. The molecule has 0 aliphatic heterocycles. The number of hydrogen-bond donors (Lipinski definition) is 0. The summed E-state index contributed by atoms with van der Waals surface area (Å²) in [7, 11) is 0. The third kappa shape index (κ3) is 1.89. The van der Waals surface area contributed by atoms with Crippen molar-refractivity contribution in [1.29, 1.82) is 0 Å². The van der Waals surface area contributed by atoms with Crippen molar-refractivity contribution in [3.63, 3.8) is 0 Å². The summed E-state index contributed by atoms with van der Waals surface area (Å²) in [5.41, 5.74) is 3.10. The van der Waals surface area contributed by atoms with Crippen LogP contribution in [-0.2, 0) is 0 Å². The molecular weight excluding hydrogens is 328 g/mol. The largest absolute Gasteiger partial charge is 0.450 e. The first kappa shape index (κ1) is 13.0. The van der Waals surface area contributed by atoms with Crippen LogP contribution in [0, 0.1) is 0 Å².